The third-order valence-corrected chi connectivity index (χ3v) is 4.36. The van der Waals surface area contributed by atoms with Crippen LogP contribution >= 0.6 is 0 Å². The van der Waals surface area contributed by atoms with Gasteiger partial charge in [-0.15, -0.1) is 0 Å². The minimum Gasteiger partial charge on any atom is -0.397 e. The van der Waals surface area contributed by atoms with E-state index in [0.717, 1.165) is 22.3 Å². The maximum atomic E-state index is 12.4. The molecule has 0 aliphatic carbocycles. The zero-order chi connectivity index (χ0) is 18.6. The molecule has 0 aliphatic heterocycles. The number of aromatic amines is 1. The van der Waals surface area contributed by atoms with Gasteiger partial charge >= 0.3 is 0 Å². The van der Waals surface area contributed by atoms with E-state index in [4.69, 9.17) is 5.73 Å². The fourth-order valence-electron chi connectivity index (χ4n) is 2.86. The van der Waals surface area contributed by atoms with Crippen LogP contribution in [0.4, 0.5) is 17.2 Å². The number of nitrogen functional groups attached to an aromatic ring is 1. The van der Waals surface area contributed by atoms with Gasteiger partial charge in [-0.3, -0.25) is 9.89 Å². The summed E-state index contributed by atoms with van der Waals surface area (Å²) in [6.07, 6.45) is 0. The first-order valence-electron chi connectivity index (χ1n) is 8.62. The summed E-state index contributed by atoms with van der Waals surface area (Å²) in [5.74, 6) is 0.623. The van der Waals surface area contributed by atoms with Gasteiger partial charge in [-0.2, -0.15) is 5.10 Å². The Labute approximate surface area is 156 Å². The van der Waals surface area contributed by atoms with Gasteiger partial charge in [-0.1, -0.05) is 36.4 Å². The van der Waals surface area contributed by atoms with Gasteiger partial charge in [0.25, 0.3) is 5.91 Å². The fourth-order valence-corrected chi connectivity index (χ4v) is 2.86. The summed E-state index contributed by atoms with van der Waals surface area (Å²) < 4.78 is 0. The zero-order valence-corrected chi connectivity index (χ0v) is 14.6. The predicted molar refractivity (Wildman–Crippen MR) is 109 cm³/mol. The Kier molecular flexibility index (Phi) is 4.45. The number of carbonyl (C=O) groups is 1. The van der Waals surface area contributed by atoms with Crippen molar-refractivity contribution in [2.75, 3.05) is 16.4 Å². The molecule has 6 heteroatoms. The summed E-state index contributed by atoms with van der Waals surface area (Å²) in [5, 5.41) is 14.5. The van der Waals surface area contributed by atoms with Crippen LogP contribution in [0.15, 0.2) is 72.8 Å². The summed E-state index contributed by atoms with van der Waals surface area (Å²) in [6, 6.07) is 22.6. The molecule has 0 saturated carbocycles. The molecule has 4 rings (SSSR count). The second kappa shape index (κ2) is 7.21. The number of para-hydroxylation sites is 3. The minimum atomic E-state index is -0.189. The number of hydrogen-bond acceptors (Lipinski definition) is 4. The van der Waals surface area contributed by atoms with Crippen LogP contribution in [0.3, 0.4) is 0 Å². The Morgan fingerprint density at radius 1 is 0.963 bits per heavy atom. The average molecular weight is 357 g/mol. The van der Waals surface area contributed by atoms with Crippen LogP contribution in [0.1, 0.15) is 15.9 Å². The van der Waals surface area contributed by atoms with Crippen LogP contribution in [0.25, 0.3) is 10.9 Å². The van der Waals surface area contributed by atoms with Gasteiger partial charge in [-0.25, -0.2) is 0 Å². The smallest absolute Gasteiger partial charge is 0.255 e. The molecule has 0 aliphatic rings. The largest absolute Gasteiger partial charge is 0.397 e. The molecule has 6 nitrogen and oxygen atoms in total. The summed E-state index contributed by atoms with van der Waals surface area (Å²) in [5.41, 5.74) is 9.64. The number of amides is 1. The molecule has 3 aromatic carbocycles. The van der Waals surface area contributed by atoms with Crippen molar-refractivity contribution in [2.24, 2.45) is 0 Å². The number of anilines is 3. The van der Waals surface area contributed by atoms with Gasteiger partial charge in [0.2, 0.25) is 0 Å². The quantitative estimate of drug-likeness (QED) is 0.406. The van der Waals surface area contributed by atoms with Crippen molar-refractivity contribution in [3.05, 3.63) is 83.9 Å². The maximum Gasteiger partial charge on any atom is 0.255 e. The number of aromatic nitrogens is 2. The first-order chi connectivity index (χ1) is 13.2. The number of rotatable bonds is 5. The molecule has 1 amide bonds. The van der Waals surface area contributed by atoms with Crippen LogP contribution in [0.5, 0.6) is 0 Å². The van der Waals surface area contributed by atoms with Crippen molar-refractivity contribution in [3.8, 4) is 0 Å². The van der Waals surface area contributed by atoms with Gasteiger partial charge < -0.3 is 16.4 Å². The molecule has 0 unspecified atom stereocenters. The SMILES string of the molecule is Nc1ccccc1NC(=O)c1ccc(CNc2n[nH]c3ccccc23)cc1. The van der Waals surface area contributed by atoms with Crippen LogP contribution in [-0.2, 0) is 6.54 Å². The van der Waals surface area contributed by atoms with Crippen LogP contribution in [0, 0.1) is 0 Å². The highest BCUT2D eigenvalue weighted by Gasteiger charge is 2.08. The van der Waals surface area contributed by atoms with E-state index in [1.807, 2.05) is 48.5 Å². The van der Waals surface area contributed by atoms with E-state index in [1.54, 1.807) is 24.3 Å². The molecule has 134 valence electrons. The van der Waals surface area contributed by atoms with Crippen molar-refractivity contribution in [1.82, 2.24) is 10.2 Å². The lowest BCUT2D eigenvalue weighted by atomic mass is 10.1. The molecule has 0 fully saturated rings. The topological polar surface area (TPSA) is 95.8 Å². The van der Waals surface area contributed by atoms with E-state index in [9.17, 15) is 4.79 Å². The second-order valence-electron chi connectivity index (χ2n) is 6.21. The number of nitrogens with two attached hydrogens (primary N) is 1. The van der Waals surface area contributed by atoms with Crippen molar-refractivity contribution in [2.45, 2.75) is 6.54 Å². The van der Waals surface area contributed by atoms with Gasteiger partial charge in [0.05, 0.1) is 16.9 Å². The number of nitrogens with one attached hydrogen (secondary N) is 3. The van der Waals surface area contributed by atoms with E-state index in [-0.39, 0.29) is 5.91 Å². The lowest BCUT2D eigenvalue weighted by Gasteiger charge is -2.09. The average Bonchev–Trinajstić information content (AvgIpc) is 3.12. The predicted octanol–water partition coefficient (Wildman–Crippen LogP) is 4.01. The monoisotopic (exact) mass is 357 g/mol. The third-order valence-electron chi connectivity index (χ3n) is 4.36. The molecule has 0 radical (unpaired) electrons. The number of nitrogens with zero attached hydrogens (tertiary/aromatic N) is 1. The summed E-state index contributed by atoms with van der Waals surface area (Å²) in [7, 11) is 0. The summed E-state index contributed by atoms with van der Waals surface area (Å²) in [6.45, 7) is 0.613. The van der Waals surface area contributed by atoms with Crippen molar-refractivity contribution in [1.29, 1.82) is 0 Å². The van der Waals surface area contributed by atoms with E-state index >= 15 is 0 Å². The van der Waals surface area contributed by atoms with Crippen LogP contribution in [-0.4, -0.2) is 16.1 Å². The third kappa shape index (κ3) is 3.59. The molecule has 5 N–H and O–H groups in total. The molecular weight excluding hydrogens is 338 g/mol. The molecule has 0 bridgehead atoms. The Balaban J connectivity index is 1.41. The highest BCUT2D eigenvalue weighted by Crippen LogP contribution is 2.21. The van der Waals surface area contributed by atoms with Crippen LogP contribution in [0.2, 0.25) is 0 Å². The number of carbonyl (C=O) groups excluding carboxylic acids is 1. The Morgan fingerprint density at radius 2 is 1.70 bits per heavy atom. The van der Waals surface area contributed by atoms with E-state index in [1.165, 1.54) is 0 Å². The molecular formula is C21H19N5O. The first kappa shape index (κ1) is 16.7. The van der Waals surface area contributed by atoms with Gasteiger partial charge in [0, 0.05) is 17.5 Å². The second-order valence-corrected chi connectivity index (χ2v) is 6.21. The summed E-state index contributed by atoms with van der Waals surface area (Å²) >= 11 is 0. The maximum absolute atomic E-state index is 12.4. The Bertz CT molecular complexity index is 1090. The number of fused-ring (bicyclic) bond motifs is 1. The normalized spacial score (nSPS) is 10.7. The van der Waals surface area contributed by atoms with Crippen molar-refractivity contribution in [3.63, 3.8) is 0 Å². The van der Waals surface area contributed by atoms with Gasteiger partial charge in [0.1, 0.15) is 0 Å². The molecule has 27 heavy (non-hydrogen) atoms. The molecule has 0 atom stereocenters. The minimum absolute atomic E-state index is 0.189. The summed E-state index contributed by atoms with van der Waals surface area (Å²) in [4.78, 5) is 12.4. The highest BCUT2D eigenvalue weighted by molar-refractivity contribution is 6.05. The lowest BCUT2D eigenvalue weighted by Crippen LogP contribution is -2.13. The molecule has 0 spiro atoms. The fraction of sp³-hybridized carbons (Fsp3) is 0.0476. The Morgan fingerprint density at radius 3 is 2.52 bits per heavy atom. The molecule has 1 aromatic heterocycles. The van der Waals surface area contributed by atoms with Crippen molar-refractivity contribution < 1.29 is 4.79 Å². The van der Waals surface area contributed by atoms with Gasteiger partial charge in [0.15, 0.2) is 5.82 Å². The lowest BCUT2D eigenvalue weighted by molar-refractivity contribution is 0.102. The Hall–Kier alpha value is -3.80. The highest BCUT2D eigenvalue weighted by atomic mass is 16.1. The van der Waals surface area contributed by atoms with Crippen LogP contribution < -0.4 is 16.4 Å². The van der Waals surface area contributed by atoms with E-state index < -0.39 is 0 Å². The molecule has 0 saturated heterocycles. The van der Waals surface area contributed by atoms with Crippen molar-refractivity contribution >= 4 is 34.0 Å². The van der Waals surface area contributed by atoms with Gasteiger partial charge in [-0.05, 0) is 42.0 Å². The number of H-pyrrole nitrogens is 1. The number of benzene rings is 3. The standard InChI is InChI=1S/C21H19N5O/c22-17-6-2-4-8-19(17)24-21(27)15-11-9-14(10-12-15)13-23-20-16-5-1-3-7-18(16)25-26-20/h1-12H,13,22H2,(H,24,27)(H2,23,25,26). The van der Waals surface area contributed by atoms with E-state index in [0.29, 0.717) is 23.5 Å². The molecule has 1 heterocycles. The first-order valence-corrected chi connectivity index (χ1v) is 8.62. The number of hydrogen-bond donors (Lipinski definition) is 4. The zero-order valence-electron chi connectivity index (χ0n) is 14.6. The molecule has 4 aromatic rings. The van der Waals surface area contributed by atoms with E-state index in [2.05, 4.69) is 20.8 Å².